The van der Waals surface area contributed by atoms with Gasteiger partial charge in [0.05, 0.1) is 23.8 Å². The first-order valence-corrected chi connectivity index (χ1v) is 7.01. The van der Waals surface area contributed by atoms with Crippen LogP contribution in [-0.4, -0.2) is 31.0 Å². The summed E-state index contributed by atoms with van der Waals surface area (Å²) in [7, 11) is 0. The lowest BCUT2D eigenvalue weighted by molar-refractivity contribution is -0.139. The van der Waals surface area contributed by atoms with Gasteiger partial charge in [-0.3, -0.25) is 0 Å². The van der Waals surface area contributed by atoms with Crippen LogP contribution in [-0.2, 0) is 16.5 Å². The Labute approximate surface area is 122 Å². The lowest BCUT2D eigenvalue weighted by Crippen LogP contribution is -2.47. The largest absolute Gasteiger partial charge is 0.416 e. The molecule has 0 saturated carbocycles. The molecule has 0 amide bonds. The van der Waals surface area contributed by atoms with Crippen molar-refractivity contribution in [2.24, 2.45) is 0 Å². The van der Waals surface area contributed by atoms with E-state index in [1.54, 1.807) is 13.0 Å². The molecule has 0 aliphatic carbocycles. The molecule has 1 fully saturated rings. The van der Waals surface area contributed by atoms with Gasteiger partial charge < -0.3 is 15.2 Å². The molecule has 2 atom stereocenters. The normalized spacial score (nSPS) is 22.2. The van der Waals surface area contributed by atoms with Gasteiger partial charge in [-0.25, -0.2) is 0 Å². The van der Waals surface area contributed by atoms with Crippen molar-refractivity contribution in [1.82, 2.24) is 5.32 Å². The maximum absolute atomic E-state index is 13.1. The zero-order chi connectivity index (χ0) is 15.5. The summed E-state index contributed by atoms with van der Waals surface area (Å²) in [6.07, 6.45) is -2.61. The Morgan fingerprint density at radius 1 is 1.29 bits per heavy atom. The van der Waals surface area contributed by atoms with Crippen LogP contribution in [0.15, 0.2) is 24.3 Å². The second-order valence-corrected chi connectivity index (χ2v) is 5.55. The van der Waals surface area contributed by atoms with Crippen molar-refractivity contribution in [2.45, 2.75) is 37.6 Å². The zero-order valence-corrected chi connectivity index (χ0v) is 11.9. The topological polar surface area (TPSA) is 41.5 Å². The molecule has 1 heterocycles. The van der Waals surface area contributed by atoms with Gasteiger partial charge in [-0.05, 0) is 31.4 Å². The molecule has 2 rings (SSSR count). The molecule has 0 radical (unpaired) electrons. The van der Waals surface area contributed by atoms with E-state index in [0.29, 0.717) is 13.2 Å². The maximum atomic E-state index is 13.1. The number of nitrogens with one attached hydrogen (secondary N) is 1. The van der Waals surface area contributed by atoms with Gasteiger partial charge in [0.1, 0.15) is 0 Å². The van der Waals surface area contributed by atoms with E-state index in [0.717, 1.165) is 18.9 Å². The summed E-state index contributed by atoms with van der Waals surface area (Å²) in [5, 5.41) is 12.7. The summed E-state index contributed by atoms with van der Waals surface area (Å²) >= 11 is 0. The minimum Gasteiger partial charge on any atom is -0.394 e. The Bertz CT molecular complexity index is 472. The first kappa shape index (κ1) is 16.3. The van der Waals surface area contributed by atoms with Crippen LogP contribution in [0.3, 0.4) is 0 Å². The third kappa shape index (κ3) is 3.75. The van der Waals surface area contributed by atoms with Crippen molar-refractivity contribution in [3.05, 3.63) is 35.4 Å². The van der Waals surface area contributed by atoms with Crippen LogP contribution >= 0.6 is 0 Å². The van der Waals surface area contributed by atoms with Gasteiger partial charge >= 0.3 is 6.18 Å². The standard InChI is InChI=1S/C15H20F3NO2/c1-14(10-20,19-9-11-5-4-8-21-11)12-6-2-3-7-13(12)15(16,17)18/h2-3,6-7,11,19-20H,4-5,8-10H2,1H3. The number of ether oxygens (including phenoxy) is 1. The van der Waals surface area contributed by atoms with Crippen LogP contribution < -0.4 is 5.32 Å². The van der Waals surface area contributed by atoms with Crippen LogP contribution in [0.2, 0.25) is 0 Å². The molecule has 1 aliphatic rings. The van der Waals surface area contributed by atoms with E-state index in [2.05, 4.69) is 5.32 Å². The van der Waals surface area contributed by atoms with Crippen LogP contribution in [0, 0.1) is 0 Å². The van der Waals surface area contributed by atoms with Crippen molar-refractivity contribution in [3.63, 3.8) is 0 Å². The third-order valence-corrected chi connectivity index (χ3v) is 3.89. The number of halogens is 3. The van der Waals surface area contributed by atoms with Crippen molar-refractivity contribution in [1.29, 1.82) is 0 Å². The average molecular weight is 303 g/mol. The van der Waals surface area contributed by atoms with Crippen LogP contribution in [0.25, 0.3) is 0 Å². The predicted molar refractivity (Wildman–Crippen MR) is 72.9 cm³/mol. The molecule has 3 nitrogen and oxygen atoms in total. The van der Waals surface area contributed by atoms with Gasteiger partial charge in [0.15, 0.2) is 0 Å². The molecule has 0 bridgehead atoms. The number of hydrogen-bond acceptors (Lipinski definition) is 3. The highest BCUT2D eigenvalue weighted by molar-refractivity contribution is 5.35. The maximum Gasteiger partial charge on any atom is 0.416 e. The SMILES string of the molecule is CC(CO)(NCC1CCCO1)c1ccccc1C(F)(F)F. The molecule has 1 saturated heterocycles. The molecule has 1 aromatic rings. The Kier molecular flexibility index (Phi) is 4.91. The Hall–Kier alpha value is -1.11. The third-order valence-electron chi connectivity index (χ3n) is 3.89. The van der Waals surface area contributed by atoms with Crippen molar-refractivity contribution in [3.8, 4) is 0 Å². The van der Waals surface area contributed by atoms with Gasteiger partial charge in [0, 0.05) is 13.2 Å². The van der Waals surface area contributed by atoms with E-state index in [-0.39, 0.29) is 11.7 Å². The zero-order valence-electron chi connectivity index (χ0n) is 11.9. The Morgan fingerprint density at radius 3 is 2.48 bits per heavy atom. The van der Waals surface area contributed by atoms with E-state index in [4.69, 9.17) is 4.74 Å². The molecule has 21 heavy (non-hydrogen) atoms. The van der Waals surface area contributed by atoms with Gasteiger partial charge in [-0.15, -0.1) is 0 Å². The van der Waals surface area contributed by atoms with Gasteiger partial charge in [-0.1, -0.05) is 18.2 Å². The number of aliphatic hydroxyl groups excluding tert-OH is 1. The van der Waals surface area contributed by atoms with E-state index < -0.39 is 23.9 Å². The van der Waals surface area contributed by atoms with Crippen LogP contribution in [0.1, 0.15) is 30.9 Å². The predicted octanol–water partition coefficient (Wildman–Crippen LogP) is 2.68. The highest BCUT2D eigenvalue weighted by atomic mass is 19.4. The summed E-state index contributed by atoms with van der Waals surface area (Å²) < 4.78 is 44.8. The van der Waals surface area contributed by atoms with Crippen LogP contribution in [0.4, 0.5) is 13.2 Å². The van der Waals surface area contributed by atoms with Crippen LogP contribution in [0.5, 0.6) is 0 Å². The van der Waals surface area contributed by atoms with Gasteiger partial charge in [0.2, 0.25) is 0 Å². The van der Waals surface area contributed by atoms with Crippen molar-refractivity contribution in [2.75, 3.05) is 19.8 Å². The molecule has 118 valence electrons. The highest BCUT2D eigenvalue weighted by Crippen LogP contribution is 2.36. The second-order valence-electron chi connectivity index (χ2n) is 5.55. The Morgan fingerprint density at radius 2 is 1.95 bits per heavy atom. The van der Waals surface area contributed by atoms with Gasteiger partial charge in [-0.2, -0.15) is 13.2 Å². The minimum absolute atomic E-state index is 0.00563. The lowest BCUT2D eigenvalue weighted by Gasteiger charge is -2.33. The first-order valence-electron chi connectivity index (χ1n) is 7.01. The number of benzene rings is 1. The molecule has 0 spiro atoms. The summed E-state index contributed by atoms with van der Waals surface area (Å²) in [5.41, 5.74) is -1.82. The van der Waals surface area contributed by atoms with Gasteiger partial charge in [0.25, 0.3) is 0 Å². The fourth-order valence-corrected chi connectivity index (χ4v) is 2.59. The summed E-state index contributed by atoms with van der Waals surface area (Å²) in [5.74, 6) is 0. The molecule has 1 aliphatic heterocycles. The van der Waals surface area contributed by atoms with Crippen molar-refractivity contribution < 1.29 is 23.0 Å². The quantitative estimate of drug-likeness (QED) is 0.879. The first-order chi connectivity index (χ1) is 9.87. The number of rotatable bonds is 5. The monoisotopic (exact) mass is 303 g/mol. The molecular formula is C15H20F3NO2. The second kappa shape index (κ2) is 6.34. The lowest BCUT2D eigenvalue weighted by atomic mass is 9.88. The average Bonchev–Trinajstić information content (AvgIpc) is 2.97. The number of aliphatic hydroxyl groups is 1. The highest BCUT2D eigenvalue weighted by Gasteiger charge is 2.39. The van der Waals surface area contributed by atoms with E-state index in [9.17, 15) is 18.3 Å². The minimum atomic E-state index is -4.45. The van der Waals surface area contributed by atoms with E-state index in [1.807, 2.05) is 0 Å². The van der Waals surface area contributed by atoms with Crippen molar-refractivity contribution >= 4 is 0 Å². The summed E-state index contributed by atoms with van der Waals surface area (Å²) in [6, 6.07) is 5.34. The number of alkyl halides is 3. The molecule has 2 unspecified atom stereocenters. The van der Waals surface area contributed by atoms with E-state index in [1.165, 1.54) is 12.1 Å². The summed E-state index contributed by atoms with van der Waals surface area (Å²) in [6.45, 7) is 2.25. The molecular weight excluding hydrogens is 283 g/mol. The Balaban J connectivity index is 2.22. The fourth-order valence-electron chi connectivity index (χ4n) is 2.59. The smallest absolute Gasteiger partial charge is 0.394 e. The number of hydrogen-bond donors (Lipinski definition) is 2. The fraction of sp³-hybridized carbons (Fsp3) is 0.600. The molecule has 6 heteroatoms. The molecule has 1 aromatic carbocycles. The molecule has 2 N–H and O–H groups in total. The van der Waals surface area contributed by atoms with E-state index >= 15 is 0 Å². The summed E-state index contributed by atoms with van der Waals surface area (Å²) in [4.78, 5) is 0. The molecule has 0 aromatic heterocycles.